The number of carboxylic acid groups (broad SMARTS) is 1. The topological polar surface area (TPSA) is 63.6 Å². The first-order valence-electron chi connectivity index (χ1n) is 10.4. The van der Waals surface area contributed by atoms with Crippen LogP contribution < -0.4 is 0 Å². The Morgan fingerprint density at radius 1 is 1.15 bits per heavy atom. The second-order valence-corrected chi connectivity index (χ2v) is 9.77. The van der Waals surface area contributed by atoms with Gasteiger partial charge in [-0.2, -0.15) is 0 Å². The van der Waals surface area contributed by atoms with Gasteiger partial charge in [-0.05, 0) is 73.5 Å². The number of hydrogen-bond donors (Lipinski definition) is 1. The highest BCUT2D eigenvalue weighted by atomic mass is 16.5. The number of allylic oxidation sites excluding steroid dienone is 1. The predicted octanol–water partition coefficient (Wildman–Crippen LogP) is 4.73. The summed E-state index contributed by atoms with van der Waals surface area (Å²) in [5, 5.41) is 8.75. The van der Waals surface area contributed by atoms with Crippen molar-refractivity contribution in [2.75, 3.05) is 0 Å². The van der Waals surface area contributed by atoms with Gasteiger partial charge in [-0.1, -0.05) is 31.9 Å². The van der Waals surface area contributed by atoms with E-state index in [1.165, 1.54) is 44.1 Å². The van der Waals surface area contributed by atoms with Crippen LogP contribution in [0.3, 0.4) is 0 Å². The highest BCUT2D eigenvalue weighted by molar-refractivity contribution is 5.90. The first kappa shape index (κ1) is 18.1. The maximum absolute atomic E-state index is 11.7. The molecule has 0 aromatic carbocycles. The normalized spacial score (nSPS) is 44.3. The lowest BCUT2D eigenvalue weighted by atomic mass is 9.48. The number of carbonyl (C=O) groups excluding carboxylic acids is 1. The molecule has 0 radical (unpaired) electrons. The molecule has 4 nitrogen and oxygen atoms in total. The summed E-state index contributed by atoms with van der Waals surface area (Å²) in [5.41, 5.74) is 2.30. The Kier molecular flexibility index (Phi) is 4.44. The van der Waals surface area contributed by atoms with Crippen LogP contribution in [0.15, 0.2) is 11.6 Å². The fourth-order valence-corrected chi connectivity index (χ4v) is 7.07. The molecule has 0 aliphatic heterocycles. The Hall–Kier alpha value is -1.32. The third-order valence-corrected chi connectivity index (χ3v) is 8.43. The summed E-state index contributed by atoms with van der Waals surface area (Å²) in [6, 6.07) is 0. The Morgan fingerprint density at radius 3 is 2.73 bits per heavy atom. The molecule has 0 aromatic rings. The van der Waals surface area contributed by atoms with Gasteiger partial charge in [-0.25, -0.2) is 0 Å². The summed E-state index contributed by atoms with van der Waals surface area (Å²) < 4.78 is 5.46. The van der Waals surface area contributed by atoms with E-state index in [1.54, 1.807) is 0 Å². The van der Waals surface area contributed by atoms with Crippen LogP contribution in [0.2, 0.25) is 0 Å². The van der Waals surface area contributed by atoms with Gasteiger partial charge in [0.1, 0.15) is 12.5 Å². The van der Waals surface area contributed by atoms with Gasteiger partial charge in [0.2, 0.25) is 0 Å². The number of carboxylic acids is 1. The zero-order valence-electron chi connectivity index (χ0n) is 16.1. The van der Waals surface area contributed by atoms with Gasteiger partial charge in [0.25, 0.3) is 0 Å². The van der Waals surface area contributed by atoms with Crippen LogP contribution >= 0.6 is 0 Å². The molecule has 26 heavy (non-hydrogen) atoms. The average molecular weight is 360 g/mol. The summed E-state index contributed by atoms with van der Waals surface area (Å²) in [4.78, 5) is 22.4. The van der Waals surface area contributed by atoms with Gasteiger partial charge >= 0.3 is 11.9 Å². The first-order valence-corrected chi connectivity index (χ1v) is 10.4. The van der Waals surface area contributed by atoms with Crippen molar-refractivity contribution in [2.24, 2.45) is 28.6 Å². The van der Waals surface area contributed by atoms with Crippen LogP contribution in [0.5, 0.6) is 0 Å². The van der Waals surface area contributed by atoms with E-state index < -0.39 is 18.4 Å². The van der Waals surface area contributed by atoms with Gasteiger partial charge in [-0.15, -0.1) is 0 Å². The number of hydrogen-bond acceptors (Lipinski definition) is 3. The lowest BCUT2D eigenvalue weighted by Crippen LogP contribution is -2.49. The second kappa shape index (κ2) is 6.38. The number of rotatable bonds is 3. The molecule has 0 unspecified atom stereocenters. The van der Waals surface area contributed by atoms with Crippen molar-refractivity contribution in [1.82, 2.24) is 0 Å². The van der Waals surface area contributed by atoms with Crippen molar-refractivity contribution in [3.63, 3.8) is 0 Å². The molecular weight excluding hydrogens is 328 g/mol. The van der Waals surface area contributed by atoms with E-state index in [2.05, 4.69) is 19.9 Å². The van der Waals surface area contributed by atoms with Crippen LogP contribution in [-0.2, 0) is 14.3 Å². The smallest absolute Gasteiger partial charge is 0.317 e. The summed E-state index contributed by atoms with van der Waals surface area (Å²) in [6.45, 7) is 4.98. The first-order chi connectivity index (χ1) is 12.3. The summed E-state index contributed by atoms with van der Waals surface area (Å²) >= 11 is 0. The van der Waals surface area contributed by atoms with Gasteiger partial charge in [0.15, 0.2) is 0 Å². The zero-order chi connectivity index (χ0) is 18.5. The molecule has 0 amide bonds. The Balaban J connectivity index is 1.49. The molecule has 0 heterocycles. The van der Waals surface area contributed by atoms with Crippen LogP contribution in [-0.4, -0.2) is 23.1 Å². The molecule has 144 valence electrons. The number of fused-ring (bicyclic) bond motifs is 5. The van der Waals surface area contributed by atoms with E-state index in [0.29, 0.717) is 5.41 Å². The molecule has 6 atom stereocenters. The van der Waals surface area contributed by atoms with Crippen molar-refractivity contribution in [3.8, 4) is 0 Å². The Bertz CT molecular complexity index is 638. The van der Waals surface area contributed by atoms with E-state index >= 15 is 0 Å². The van der Waals surface area contributed by atoms with E-state index in [9.17, 15) is 9.59 Å². The number of esters is 1. The minimum Gasteiger partial charge on any atom is -0.481 e. The molecule has 1 N–H and O–H groups in total. The van der Waals surface area contributed by atoms with E-state index in [-0.39, 0.29) is 11.5 Å². The molecule has 0 bridgehead atoms. The van der Waals surface area contributed by atoms with E-state index in [4.69, 9.17) is 9.84 Å². The number of ether oxygens (including phenoxy) is 1. The lowest BCUT2D eigenvalue weighted by Gasteiger charge is -2.57. The molecule has 0 spiro atoms. The third-order valence-electron chi connectivity index (χ3n) is 8.43. The molecular formula is C22H32O4. The molecule has 4 aliphatic carbocycles. The largest absolute Gasteiger partial charge is 0.481 e. The Labute approximate surface area is 156 Å². The molecule has 0 aromatic heterocycles. The lowest BCUT2D eigenvalue weighted by molar-refractivity contribution is -0.156. The summed E-state index contributed by atoms with van der Waals surface area (Å²) in [6.07, 6.45) is 12.6. The molecule has 4 rings (SSSR count). The SMILES string of the molecule is C[C@@]12CCC[C@H]1[C@@H]1CC=C3C[C@@H](OC(=O)CC(=O)O)CC[C@]3(C)[C@H]1CC2. The average Bonchev–Trinajstić information content (AvgIpc) is 2.96. The highest BCUT2D eigenvalue weighted by Gasteiger charge is 2.55. The van der Waals surface area contributed by atoms with Crippen molar-refractivity contribution >= 4 is 11.9 Å². The van der Waals surface area contributed by atoms with Crippen molar-refractivity contribution in [1.29, 1.82) is 0 Å². The molecule has 4 aliphatic rings. The van der Waals surface area contributed by atoms with Gasteiger partial charge in [0, 0.05) is 6.42 Å². The molecule has 3 fully saturated rings. The van der Waals surface area contributed by atoms with Crippen LogP contribution in [0.1, 0.15) is 78.1 Å². The monoisotopic (exact) mass is 360 g/mol. The van der Waals surface area contributed by atoms with Gasteiger partial charge in [0.05, 0.1) is 0 Å². The van der Waals surface area contributed by atoms with Crippen LogP contribution in [0, 0.1) is 28.6 Å². The highest BCUT2D eigenvalue weighted by Crippen LogP contribution is 2.64. The summed E-state index contributed by atoms with van der Waals surface area (Å²) in [5.74, 6) is 0.782. The van der Waals surface area contributed by atoms with Crippen molar-refractivity contribution < 1.29 is 19.4 Å². The maximum atomic E-state index is 11.7. The van der Waals surface area contributed by atoms with Crippen molar-refractivity contribution in [3.05, 3.63) is 11.6 Å². The third kappa shape index (κ3) is 2.90. The van der Waals surface area contributed by atoms with E-state index in [0.717, 1.165) is 37.0 Å². The maximum Gasteiger partial charge on any atom is 0.317 e. The molecule has 3 saturated carbocycles. The van der Waals surface area contributed by atoms with Gasteiger partial charge in [-0.3, -0.25) is 9.59 Å². The molecule has 4 heteroatoms. The fourth-order valence-electron chi connectivity index (χ4n) is 7.07. The molecule has 0 saturated heterocycles. The number of carbonyl (C=O) groups is 2. The fraction of sp³-hybridized carbons (Fsp3) is 0.818. The van der Waals surface area contributed by atoms with E-state index in [1.807, 2.05) is 0 Å². The Morgan fingerprint density at radius 2 is 1.96 bits per heavy atom. The standard InChI is InChI=1S/C22H32O4/c1-21-9-3-4-17(21)16-6-5-14-12-15(26-20(25)13-19(23)24)7-11-22(14,2)18(16)8-10-21/h5,15-18H,3-4,6-13H2,1-2H3,(H,23,24)/t15-,16-,17-,18-,21-,22-/m0/s1. The van der Waals surface area contributed by atoms with Gasteiger partial charge < -0.3 is 9.84 Å². The second-order valence-electron chi connectivity index (χ2n) is 9.77. The predicted molar refractivity (Wildman–Crippen MR) is 98.5 cm³/mol. The minimum absolute atomic E-state index is 0.141. The number of aliphatic carboxylic acids is 1. The van der Waals surface area contributed by atoms with Crippen molar-refractivity contribution in [2.45, 2.75) is 84.2 Å². The quantitative estimate of drug-likeness (QED) is 0.449. The summed E-state index contributed by atoms with van der Waals surface area (Å²) in [7, 11) is 0. The van der Waals surface area contributed by atoms with Crippen LogP contribution in [0.25, 0.3) is 0 Å². The minimum atomic E-state index is -1.11. The van der Waals surface area contributed by atoms with Crippen LogP contribution in [0.4, 0.5) is 0 Å². The zero-order valence-corrected chi connectivity index (χ0v) is 16.1.